The van der Waals surface area contributed by atoms with Crippen LogP contribution in [0, 0.1) is 0 Å². The maximum Gasteiger partial charge on any atom is 0.241 e. The van der Waals surface area contributed by atoms with E-state index in [-0.39, 0.29) is 10.8 Å². The van der Waals surface area contributed by atoms with E-state index in [2.05, 4.69) is 10.0 Å². The van der Waals surface area contributed by atoms with Crippen molar-refractivity contribution in [3.8, 4) is 0 Å². The SMILES string of the molecule is CC(C)(C)NS(=O)(=O)c1ccc2c(c1)CCC(=O)N2. The average molecular weight is 282 g/mol. The Kier molecular flexibility index (Phi) is 3.40. The molecule has 0 saturated heterocycles. The summed E-state index contributed by atoms with van der Waals surface area (Å²) >= 11 is 0. The number of anilines is 1. The summed E-state index contributed by atoms with van der Waals surface area (Å²) in [4.78, 5) is 11.5. The molecule has 2 rings (SSSR count). The van der Waals surface area contributed by atoms with Crippen molar-refractivity contribution in [2.45, 2.75) is 44.0 Å². The molecular formula is C13H18N2O3S. The standard InChI is InChI=1S/C13H18N2O3S/c1-13(2,3)15-19(17,18)10-5-6-11-9(8-10)4-7-12(16)14-11/h5-6,8,15H,4,7H2,1-3H3,(H,14,16). The first-order valence-electron chi connectivity index (χ1n) is 6.14. The van der Waals surface area contributed by atoms with Crippen molar-refractivity contribution in [2.24, 2.45) is 0 Å². The average Bonchev–Trinajstić information content (AvgIpc) is 2.25. The molecule has 1 aliphatic rings. The van der Waals surface area contributed by atoms with Crippen LogP contribution in [0.2, 0.25) is 0 Å². The number of aryl methyl sites for hydroxylation is 1. The lowest BCUT2D eigenvalue weighted by Gasteiger charge is -2.22. The number of hydrogen-bond donors (Lipinski definition) is 2. The van der Waals surface area contributed by atoms with Crippen LogP contribution in [-0.2, 0) is 21.2 Å². The lowest BCUT2D eigenvalue weighted by molar-refractivity contribution is -0.116. The topological polar surface area (TPSA) is 75.3 Å². The molecule has 1 aliphatic heterocycles. The fourth-order valence-corrected chi connectivity index (χ4v) is 3.46. The fourth-order valence-electron chi connectivity index (χ4n) is 1.99. The number of benzene rings is 1. The van der Waals surface area contributed by atoms with Crippen molar-refractivity contribution >= 4 is 21.6 Å². The fraction of sp³-hybridized carbons (Fsp3) is 0.462. The van der Waals surface area contributed by atoms with Crippen LogP contribution in [0.15, 0.2) is 23.1 Å². The van der Waals surface area contributed by atoms with Crippen LogP contribution >= 0.6 is 0 Å². The largest absolute Gasteiger partial charge is 0.326 e. The minimum Gasteiger partial charge on any atom is -0.326 e. The molecule has 0 saturated carbocycles. The Morgan fingerprint density at radius 2 is 1.89 bits per heavy atom. The number of rotatable bonds is 2. The summed E-state index contributed by atoms with van der Waals surface area (Å²) in [5.74, 6) is -0.0316. The van der Waals surface area contributed by atoms with Gasteiger partial charge in [0.05, 0.1) is 4.90 Å². The number of carbonyl (C=O) groups is 1. The van der Waals surface area contributed by atoms with Crippen molar-refractivity contribution in [2.75, 3.05) is 5.32 Å². The molecule has 5 nitrogen and oxygen atoms in total. The number of nitrogens with one attached hydrogen (secondary N) is 2. The lowest BCUT2D eigenvalue weighted by atomic mass is 10.0. The Bertz CT molecular complexity index is 615. The summed E-state index contributed by atoms with van der Waals surface area (Å²) < 4.78 is 27.0. The number of amides is 1. The predicted octanol–water partition coefficient (Wildman–Crippen LogP) is 1.65. The van der Waals surface area contributed by atoms with Gasteiger partial charge in [0.2, 0.25) is 15.9 Å². The lowest BCUT2D eigenvalue weighted by Crippen LogP contribution is -2.40. The minimum absolute atomic E-state index is 0.0316. The number of hydrogen-bond acceptors (Lipinski definition) is 3. The van der Waals surface area contributed by atoms with E-state index in [4.69, 9.17) is 0 Å². The van der Waals surface area contributed by atoms with E-state index in [1.54, 1.807) is 32.9 Å². The van der Waals surface area contributed by atoms with Gasteiger partial charge in [0.1, 0.15) is 0 Å². The molecule has 1 heterocycles. The number of carbonyl (C=O) groups excluding carboxylic acids is 1. The highest BCUT2D eigenvalue weighted by molar-refractivity contribution is 7.89. The van der Waals surface area contributed by atoms with Crippen molar-refractivity contribution < 1.29 is 13.2 Å². The van der Waals surface area contributed by atoms with Gasteiger partial charge in [0.15, 0.2) is 0 Å². The van der Waals surface area contributed by atoms with Crippen LogP contribution in [0.5, 0.6) is 0 Å². The van der Waals surface area contributed by atoms with E-state index in [1.165, 1.54) is 6.07 Å². The van der Waals surface area contributed by atoms with Crippen LogP contribution < -0.4 is 10.0 Å². The molecule has 104 valence electrons. The summed E-state index contributed by atoms with van der Waals surface area (Å²) in [7, 11) is -3.53. The molecule has 1 aromatic carbocycles. The van der Waals surface area contributed by atoms with Crippen molar-refractivity contribution in [1.82, 2.24) is 4.72 Å². The zero-order valence-corrected chi connectivity index (χ0v) is 12.1. The van der Waals surface area contributed by atoms with Crippen molar-refractivity contribution in [3.63, 3.8) is 0 Å². The van der Waals surface area contributed by atoms with E-state index < -0.39 is 15.6 Å². The highest BCUT2D eigenvalue weighted by Gasteiger charge is 2.24. The van der Waals surface area contributed by atoms with Gasteiger partial charge in [-0.25, -0.2) is 13.1 Å². The third-order valence-corrected chi connectivity index (χ3v) is 4.48. The van der Waals surface area contributed by atoms with Gasteiger partial charge >= 0.3 is 0 Å². The Balaban J connectivity index is 2.35. The summed E-state index contributed by atoms with van der Waals surface area (Å²) in [5, 5.41) is 2.73. The predicted molar refractivity (Wildman–Crippen MR) is 73.5 cm³/mol. The van der Waals surface area contributed by atoms with E-state index >= 15 is 0 Å². The van der Waals surface area contributed by atoms with E-state index in [0.717, 1.165) is 5.56 Å². The smallest absolute Gasteiger partial charge is 0.241 e. The molecule has 0 fully saturated rings. The second kappa shape index (κ2) is 4.61. The first-order valence-corrected chi connectivity index (χ1v) is 7.62. The molecule has 1 aromatic rings. The van der Waals surface area contributed by atoms with Gasteiger partial charge in [-0.3, -0.25) is 4.79 Å². The molecule has 2 N–H and O–H groups in total. The van der Waals surface area contributed by atoms with E-state index in [0.29, 0.717) is 18.5 Å². The monoisotopic (exact) mass is 282 g/mol. The molecular weight excluding hydrogens is 264 g/mol. The minimum atomic E-state index is -3.53. The Hall–Kier alpha value is -1.40. The second-order valence-corrected chi connectivity index (χ2v) is 7.41. The van der Waals surface area contributed by atoms with Crippen molar-refractivity contribution in [1.29, 1.82) is 0 Å². The number of sulfonamides is 1. The van der Waals surface area contributed by atoms with Gasteiger partial charge in [-0.2, -0.15) is 0 Å². The molecule has 0 aliphatic carbocycles. The van der Waals surface area contributed by atoms with Gasteiger partial charge < -0.3 is 5.32 Å². The van der Waals surface area contributed by atoms with Gasteiger partial charge in [-0.15, -0.1) is 0 Å². The third-order valence-electron chi connectivity index (χ3n) is 2.72. The Morgan fingerprint density at radius 3 is 2.53 bits per heavy atom. The Labute approximate surface area is 113 Å². The molecule has 19 heavy (non-hydrogen) atoms. The summed E-state index contributed by atoms with van der Waals surface area (Å²) in [6.45, 7) is 5.38. The Morgan fingerprint density at radius 1 is 1.21 bits per heavy atom. The van der Waals surface area contributed by atoms with E-state index in [9.17, 15) is 13.2 Å². The van der Waals surface area contributed by atoms with Gasteiger partial charge in [-0.05, 0) is 51.0 Å². The van der Waals surface area contributed by atoms with Crippen LogP contribution in [0.4, 0.5) is 5.69 Å². The molecule has 0 radical (unpaired) electrons. The summed E-state index contributed by atoms with van der Waals surface area (Å²) in [6, 6.07) is 4.78. The normalized spacial score (nSPS) is 15.8. The quantitative estimate of drug-likeness (QED) is 0.866. The van der Waals surface area contributed by atoms with Crippen LogP contribution in [0.25, 0.3) is 0 Å². The summed E-state index contributed by atoms with van der Waals surface area (Å²) in [6.07, 6.45) is 0.962. The number of fused-ring (bicyclic) bond motifs is 1. The zero-order valence-electron chi connectivity index (χ0n) is 11.3. The zero-order chi connectivity index (χ0) is 14.3. The molecule has 0 bridgehead atoms. The van der Waals surface area contributed by atoms with E-state index in [1.807, 2.05) is 0 Å². The maximum atomic E-state index is 12.2. The van der Waals surface area contributed by atoms with Crippen LogP contribution in [-0.4, -0.2) is 19.9 Å². The third kappa shape index (κ3) is 3.33. The first-order chi connectivity index (χ1) is 8.67. The molecule has 1 amide bonds. The molecule has 0 spiro atoms. The van der Waals surface area contributed by atoms with Gasteiger partial charge in [-0.1, -0.05) is 0 Å². The molecule has 0 unspecified atom stereocenters. The highest BCUT2D eigenvalue weighted by Crippen LogP contribution is 2.25. The first kappa shape index (κ1) is 14.0. The molecule has 0 atom stereocenters. The van der Waals surface area contributed by atoms with Gasteiger partial charge in [0.25, 0.3) is 0 Å². The maximum absolute atomic E-state index is 12.2. The molecule has 6 heteroatoms. The summed E-state index contributed by atoms with van der Waals surface area (Å²) in [5.41, 5.74) is 1.03. The highest BCUT2D eigenvalue weighted by atomic mass is 32.2. The van der Waals surface area contributed by atoms with Crippen LogP contribution in [0.3, 0.4) is 0 Å². The molecule has 0 aromatic heterocycles. The second-order valence-electron chi connectivity index (χ2n) is 5.72. The van der Waals surface area contributed by atoms with Gasteiger partial charge in [0, 0.05) is 17.6 Å². The van der Waals surface area contributed by atoms with Crippen LogP contribution in [0.1, 0.15) is 32.8 Å². The van der Waals surface area contributed by atoms with Crippen molar-refractivity contribution in [3.05, 3.63) is 23.8 Å².